The summed E-state index contributed by atoms with van der Waals surface area (Å²) in [5.74, 6) is -0.238. The standard InChI is InChI=1S/C17H18N4O3S3/c1-2-12-15(25-10-18-12)16(22)20-17-19-13-6-5-11(9-14(13)26-17)27(23,24)21-7-3-4-8-21/h5-6,9-10H,2-4,7-8H2,1H3,(H,19,20,22). The van der Waals surface area contributed by atoms with Crippen molar-refractivity contribution in [2.24, 2.45) is 0 Å². The van der Waals surface area contributed by atoms with Gasteiger partial charge in [0.25, 0.3) is 5.91 Å². The van der Waals surface area contributed by atoms with Gasteiger partial charge in [-0.1, -0.05) is 18.3 Å². The van der Waals surface area contributed by atoms with Crippen molar-refractivity contribution >= 4 is 54.0 Å². The first kappa shape index (κ1) is 18.5. The summed E-state index contributed by atoms with van der Waals surface area (Å²) in [5, 5.41) is 3.25. The van der Waals surface area contributed by atoms with Gasteiger partial charge in [0.05, 0.1) is 26.3 Å². The molecular formula is C17H18N4O3S3. The topological polar surface area (TPSA) is 92.3 Å². The van der Waals surface area contributed by atoms with Crippen LogP contribution in [0, 0.1) is 0 Å². The van der Waals surface area contributed by atoms with Crippen molar-refractivity contribution in [2.45, 2.75) is 31.1 Å². The zero-order chi connectivity index (χ0) is 19.0. The molecular weight excluding hydrogens is 404 g/mol. The molecule has 0 spiro atoms. The summed E-state index contributed by atoms with van der Waals surface area (Å²) in [4.78, 5) is 21.9. The molecule has 0 saturated carbocycles. The summed E-state index contributed by atoms with van der Waals surface area (Å²) < 4.78 is 27.7. The number of carbonyl (C=O) groups is 1. The molecule has 0 aliphatic carbocycles. The minimum absolute atomic E-state index is 0.238. The van der Waals surface area contributed by atoms with Gasteiger partial charge in [0.15, 0.2) is 5.13 Å². The monoisotopic (exact) mass is 422 g/mol. The van der Waals surface area contributed by atoms with Crippen molar-refractivity contribution in [1.82, 2.24) is 14.3 Å². The molecule has 1 fully saturated rings. The highest BCUT2D eigenvalue weighted by Gasteiger charge is 2.27. The minimum atomic E-state index is -3.47. The Balaban J connectivity index is 1.60. The van der Waals surface area contributed by atoms with Gasteiger partial charge in [-0.05, 0) is 37.5 Å². The first-order valence-corrected chi connectivity index (χ1v) is 11.8. The fourth-order valence-corrected chi connectivity index (χ4v) is 6.35. The molecule has 1 aromatic carbocycles. The highest BCUT2D eigenvalue weighted by Crippen LogP contribution is 2.30. The van der Waals surface area contributed by atoms with Crippen LogP contribution in [0.4, 0.5) is 5.13 Å². The summed E-state index contributed by atoms with van der Waals surface area (Å²) >= 11 is 2.56. The third-order valence-corrected chi connectivity index (χ3v) is 8.16. The largest absolute Gasteiger partial charge is 0.297 e. The molecule has 142 valence electrons. The predicted molar refractivity (Wildman–Crippen MR) is 107 cm³/mol. The number of nitrogens with one attached hydrogen (secondary N) is 1. The Morgan fingerprint density at radius 1 is 1.30 bits per heavy atom. The van der Waals surface area contributed by atoms with Crippen LogP contribution in [0.25, 0.3) is 10.2 Å². The van der Waals surface area contributed by atoms with Crippen molar-refractivity contribution in [1.29, 1.82) is 0 Å². The maximum absolute atomic E-state index is 12.7. The first-order valence-electron chi connectivity index (χ1n) is 8.63. The van der Waals surface area contributed by atoms with Crippen molar-refractivity contribution in [3.63, 3.8) is 0 Å². The molecule has 1 saturated heterocycles. The van der Waals surface area contributed by atoms with E-state index in [4.69, 9.17) is 0 Å². The summed E-state index contributed by atoms with van der Waals surface area (Å²) in [6, 6.07) is 4.91. The molecule has 1 N–H and O–H groups in total. The number of amides is 1. The molecule has 2 aromatic heterocycles. The van der Waals surface area contributed by atoms with Gasteiger partial charge in [0.1, 0.15) is 4.88 Å². The number of sulfonamides is 1. The minimum Gasteiger partial charge on any atom is -0.297 e. The highest BCUT2D eigenvalue weighted by molar-refractivity contribution is 7.89. The maximum atomic E-state index is 12.7. The van der Waals surface area contributed by atoms with Gasteiger partial charge in [-0.15, -0.1) is 11.3 Å². The number of rotatable bonds is 5. The van der Waals surface area contributed by atoms with E-state index in [1.165, 1.54) is 27.0 Å². The Morgan fingerprint density at radius 3 is 2.81 bits per heavy atom. The third kappa shape index (κ3) is 3.49. The summed E-state index contributed by atoms with van der Waals surface area (Å²) in [6.07, 6.45) is 2.48. The van der Waals surface area contributed by atoms with Crippen LogP contribution in [-0.2, 0) is 16.4 Å². The predicted octanol–water partition coefficient (Wildman–Crippen LogP) is 3.35. The van der Waals surface area contributed by atoms with Crippen LogP contribution in [0.1, 0.15) is 35.1 Å². The molecule has 3 aromatic rings. The van der Waals surface area contributed by atoms with Crippen molar-refractivity contribution in [3.8, 4) is 0 Å². The summed E-state index contributed by atoms with van der Waals surface area (Å²) in [5.41, 5.74) is 3.08. The van der Waals surface area contributed by atoms with Gasteiger partial charge < -0.3 is 0 Å². The second-order valence-electron chi connectivity index (χ2n) is 6.20. The molecule has 4 rings (SSSR count). The Bertz CT molecular complexity index is 1100. The molecule has 1 aliphatic heterocycles. The van der Waals surface area contributed by atoms with Crippen LogP contribution >= 0.6 is 22.7 Å². The SMILES string of the molecule is CCc1ncsc1C(=O)Nc1nc2ccc(S(=O)(=O)N3CCCC3)cc2s1. The number of aromatic nitrogens is 2. The fourth-order valence-electron chi connectivity index (χ4n) is 3.06. The lowest BCUT2D eigenvalue weighted by atomic mass is 10.3. The van der Waals surface area contributed by atoms with Crippen LogP contribution in [-0.4, -0.2) is 41.7 Å². The molecule has 1 aliphatic rings. The molecule has 0 atom stereocenters. The van der Waals surface area contributed by atoms with E-state index in [1.807, 2.05) is 6.92 Å². The zero-order valence-electron chi connectivity index (χ0n) is 14.6. The summed E-state index contributed by atoms with van der Waals surface area (Å²) in [6.45, 7) is 3.09. The quantitative estimate of drug-likeness (QED) is 0.681. The highest BCUT2D eigenvalue weighted by atomic mass is 32.2. The van der Waals surface area contributed by atoms with E-state index in [9.17, 15) is 13.2 Å². The maximum Gasteiger partial charge on any atom is 0.269 e. The van der Waals surface area contributed by atoms with Gasteiger partial charge >= 0.3 is 0 Å². The van der Waals surface area contributed by atoms with Gasteiger partial charge in [-0.3, -0.25) is 10.1 Å². The third-order valence-electron chi connectivity index (χ3n) is 4.47. The van der Waals surface area contributed by atoms with E-state index in [2.05, 4.69) is 15.3 Å². The lowest BCUT2D eigenvalue weighted by molar-refractivity contribution is 0.102. The molecule has 10 heteroatoms. The van der Waals surface area contributed by atoms with Gasteiger partial charge in [0.2, 0.25) is 10.0 Å². The molecule has 0 radical (unpaired) electrons. The number of benzene rings is 1. The fraction of sp³-hybridized carbons (Fsp3) is 0.353. The molecule has 7 nitrogen and oxygen atoms in total. The molecule has 27 heavy (non-hydrogen) atoms. The van der Waals surface area contributed by atoms with Gasteiger partial charge in [0, 0.05) is 13.1 Å². The van der Waals surface area contributed by atoms with Gasteiger partial charge in [-0.25, -0.2) is 18.4 Å². The number of carbonyl (C=O) groups excluding carboxylic acids is 1. The summed E-state index contributed by atoms with van der Waals surface area (Å²) in [7, 11) is -3.47. The van der Waals surface area contributed by atoms with Crippen LogP contribution in [0.15, 0.2) is 28.6 Å². The lowest BCUT2D eigenvalue weighted by Crippen LogP contribution is -2.27. The van der Waals surface area contributed by atoms with Crippen LogP contribution in [0.5, 0.6) is 0 Å². The second kappa shape index (κ2) is 7.27. The number of hydrogen-bond acceptors (Lipinski definition) is 7. The Hall–Kier alpha value is -1.88. The van der Waals surface area contributed by atoms with E-state index >= 15 is 0 Å². The van der Waals surface area contributed by atoms with E-state index in [1.54, 1.807) is 23.7 Å². The van der Waals surface area contributed by atoms with E-state index in [0.29, 0.717) is 35.0 Å². The Kier molecular flexibility index (Phi) is 4.97. The first-order chi connectivity index (χ1) is 13.0. The Morgan fingerprint density at radius 2 is 2.07 bits per heavy atom. The van der Waals surface area contributed by atoms with E-state index < -0.39 is 10.0 Å². The number of anilines is 1. The number of hydrogen-bond donors (Lipinski definition) is 1. The molecule has 3 heterocycles. The van der Waals surface area contributed by atoms with Crippen LogP contribution < -0.4 is 5.32 Å². The zero-order valence-corrected chi connectivity index (χ0v) is 17.1. The van der Waals surface area contributed by atoms with Crippen LogP contribution in [0.3, 0.4) is 0 Å². The van der Waals surface area contributed by atoms with Crippen molar-refractivity contribution in [2.75, 3.05) is 18.4 Å². The van der Waals surface area contributed by atoms with E-state index in [0.717, 1.165) is 23.2 Å². The normalized spacial score (nSPS) is 15.4. The number of thiazole rings is 2. The lowest BCUT2D eigenvalue weighted by Gasteiger charge is -2.15. The van der Waals surface area contributed by atoms with Crippen molar-refractivity contribution in [3.05, 3.63) is 34.3 Å². The molecule has 0 bridgehead atoms. The second-order valence-corrected chi connectivity index (χ2v) is 10.0. The average molecular weight is 423 g/mol. The average Bonchev–Trinajstić information content (AvgIpc) is 3.39. The van der Waals surface area contributed by atoms with Gasteiger partial charge in [-0.2, -0.15) is 4.31 Å². The number of aryl methyl sites for hydroxylation is 1. The molecule has 0 unspecified atom stereocenters. The van der Waals surface area contributed by atoms with Crippen molar-refractivity contribution < 1.29 is 13.2 Å². The Labute approximate surface area is 165 Å². The van der Waals surface area contributed by atoms with E-state index in [-0.39, 0.29) is 10.8 Å². The number of fused-ring (bicyclic) bond motifs is 1. The number of nitrogens with zero attached hydrogens (tertiary/aromatic N) is 3. The smallest absolute Gasteiger partial charge is 0.269 e. The molecule has 1 amide bonds. The van der Waals surface area contributed by atoms with Crippen LogP contribution in [0.2, 0.25) is 0 Å².